The van der Waals surface area contributed by atoms with Crippen molar-refractivity contribution in [3.63, 3.8) is 0 Å². The number of nitrogens with one attached hydrogen (secondary N) is 4. The van der Waals surface area contributed by atoms with E-state index in [4.69, 9.17) is 0 Å². The van der Waals surface area contributed by atoms with Crippen LogP contribution in [0.3, 0.4) is 0 Å². The lowest BCUT2D eigenvalue weighted by Gasteiger charge is -2.18. The summed E-state index contributed by atoms with van der Waals surface area (Å²) in [6, 6.07) is 9.89. The number of hydrazine groups is 2. The van der Waals surface area contributed by atoms with Crippen molar-refractivity contribution in [2.45, 2.75) is 162 Å². The number of aryl methyl sites for hydroxylation is 2. The fourth-order valence-corrected chi connectivity index (χ4v) is 6.32. The summed E-state index contributed by atoms with van der Waals surface area (Å²) in [6.07, 6.45) is 21.8. The standard InChI is InChI=1S/C42H66N4O6/c1-4-7-10-13-16-19-22-32-25-27-35(37(47)29-32)41(51)45-43-39(49)31-34(24-21-18-15-12-9-6-3)40(50)44-46-42(52)36-28-26-33(30-38(36)48)23-20-17-14-11-8-5-2/h25-30,34,47-48H,4-24,31H2,1-3H3,(H,43,49)(H,44,50)(H,45,51)(H,46,52). The first-order valence-electron chi connectivity index (χ1n) is 20.0. The Bertz CT molecular complexity index is 1360. The molecule has 1 unspecified atom stereocenters. The smallest absolute Gasteiger partial charge is 0.273 e. The van der Waals surface area contributed by atoms with Crippen LogP contribution in [0.15, 0.2) is 36.4 Å². The van der Waals surface area contributed by atoms with E-state index in [1.807, 2.05) is 12.1 Å². The molecule has 10 heteroatoms. The topological polar surface area (TPSA) is 157 Å². The number of benzene rings is 2. The van der Waals surface area contributed by atoms with Crippen LogP contribution in [0.1, 0.15) is 181 Å². The lowest BCUT2D eigenvalue weighted by Crippen LogP contribution is -2.47. The number of carbonyl (C=O) groups excluding carboxylic acids is 4. The first-order valence-corrected chi connectivity index (χ1v) is 20.0. The van der Waals surface area contributed by atoms with Crippen molar-refractivity contribution >= 4 is 23.6 Å². The normalized spacial score (nSPS) is 11.5. The van der Waals surface area contributed by atoms with Gasteiger partial charge in [-0.05, 0) is 67.5 Å². The second-order valence-corrected chi connectivity index (χ2v) is 14.1. The molecular formula is C42H66N4O6. The highest BCUT2D eigenvalue weighted by atomic mass is 16.3. The quantitative estimate of drug-likeness (QED) is 0.0421. The predicted molar refractivity (Wildman–Crippen MR) is 208 cm³/mol. The van der Waals surface area contributed by atoms with Gasteiger partial charge in [0.25, 0.3) is 11.8 Å². The van der Waals surface area contributed by atoms with E-state index >= 15 is 0 Å². The average Bonchev–Trinajstić information content (AvgIpc) is 3.13. The first-order chi connectivity index (χ1) is 25.2. The number of rotatable bonds is 26. The van der Waals surface area contributed by atoms with Crippen LogP contribution in [0.5, 0.6) is 11.5 Å². The summed E-state index contributed by atoms with van der Waals surface area (Å²) in [4.78, 5) is 51.8. The van der Waals surface area contributed by atoms with E-state index in [1.54, 1.807) is 24.3 Å². The van der Waals surface area contributed by atoms with Crippen molar-refractivity contribution in [2.24, 2.45) is 5.92 Å². The highest BCUT2D eigenvalue weighted by Crippen LogP contribution is 2.22. The molecule has 0 aliphatic carbocycles. The van der Waals surface area contributed by atoms with Crippen LogP contribution < -0.4 is 21.7 Å². The third kappa shape index (κ3) is 17.9. The Kier molecular flexibility index (Phi) is 22.6. The maximum absolute atomic E-state index is 13.2. The highest BCUT2D eigenvalue weighted by Gasteiger charge is 2.24. The van der Waals surface area contributed by atoms with Gasteiger partial charge in [-0.3, -0.25) is 40.9 Å². The van der Waals surface area contributed by atoms with Gasteiger partial charge in [-0.15, -0.1) is 0 Å². The van der Waals surface area contributed by atoms with Gasteiger partial charge in [-0.2, -0.15) is 0 Å². The van der Waals surface area contributed by atoms with E-state index in [2.05, 4.69) is 42.5 Å². The molecule has 6 N–H and O–H groups in total. The average molecular weight is 723 g/mol. The molecule has 0 radical (unpaired) electrons. The number of hydrogen-bond acceptors (Lipinski definition) is 6. The van der Waals surface area contributed by atoms with Gasteiger partial charge in [-0.1, -0.05) is 136 Å². The Morgan fingerprint density at radius 3 is 1.37 bits per heavy atom. The van der Waals surface area contributed by atoms with Gasteiger partial charge in [0.1, 0.15) is 11.5 Å². The molecule has 52 heavy (non-hydrogen) atoms. The zero-order chi connectivity index (χ0) is 38.0. The Morgan fingerprint density at radius 1 is 0.519 bits per heavy atom. The molecule has 2 aromatic carbocycles. The molecule has 0 fully saturated rings. The van der Waals surface area contributed by atoms with Crippen LogP contribution in [-0.4, -0.2) is 33.8 Å². The van der Waals surface area contributed by atoms with E-state index < -0.39 is 29.5 Å². The van der Waals surface area contributed by atoms with E-state index in [1.165, 1.54) is 51.4 Å². The first kappa shape index (κ1) is 44.1. The van der Waals surface area contributed by atoms with Crippen LogP contribution in [0.4, 0.5) is 0 Å². The SMILES string of the molecule is CCCCCCCCc1ccc(C(=O)NNC(=O)CC(CCCCCCCC)C(=O)NNC(=O)c2ccc(CCCCCCCC)cc2O)c(O)c1. The molecule has 0 aromatic heterocycles. The third-order valence-electron chi connectivity index (χ3n) is 9.57. The number of aromatic hydroxyl groups is 2. The van der Waals surface area contributed by atoms with Crippen molar-refractivity contribution < 1.29 is 29.4 Å². The molecule has 2 aromatic rings. The van der Waals surface area contributed by atoms with Gasteiger partial charge in [0, 0.05) is 12.3 Å². The lowest BCUT2D eigenvalue weighted by atomic mass is 9.96. The van der Waals surface area contributed by atoms with Gasteiger partial charge in [0.05, 0.1) is 11.1 Å². The van der Waals surface area contributed by atoms with Crippen molar-refractivity contribution in [3.05, 3.63) is 58.7 Å². The molecule has 0 saturated carbocycles. The van der Waals surface area contributed by atoms with Crippen molar-refractivity contribution in [2.75, 3.05) is 0 Å². The maximum atomic E-state index is 13.2. The van der Waals surface area contributed by atoms with Gasteiger partial charge >= 0.3 is 0 Å². The summed E-state index contributed by atoms with van der Waals surface area (Å²) in [5.41, 5.74) is 11.5. The molecule has 0 aliphatic rings. The molecule has 10 nitrogen and oxygen atoms in total. The molecule has 0 bridgehead atoms. The monoisotopic (exact) mass is 722 g/mol. The number of phenolic OH excluding ortho intramolecular Hbond substituents is 2. The number of hydrogen-bond donors (Lipinski definition) is 6. The van der Waals surface area contributed by atoms with Gasteiger partial charge in [0.2, 0.25) is 11.8 Å². The second-order valence-electron chi connectivity index (χ2n) is 14.1. The van der Waals surface area contributed by atoms with Crippen LogP contribution in [0, 0.1) is 5.92 Å². The molecule has 0 heterocycles. The van der Waals surface area contributed by atoms with Crippen molar-refractivity contribution in [3.8, 4) is 11.5 Å². The molecule has 0 aliphatic heterocycles. The second kappa shape index (κ2) is 26.7. The fourth-order valence-electron chi connectivity index (χ4n) is 6.32. The largest absolute Gasteiger partial charge is 0.507 e. The minimum absolute atomic E-state index is 0.0368. The lowest BCUT2D eigenvalue weighted by molar-refractivity contribution is -0.131. The van der Waals surface area contributed by atoms with Crippen LogP contribution in [-0.2, 0) is 22.4 Å². The van der Waals surface area contributed by atoms with Crippen LogP contribution >= 0.6 is 0 Å². The maximum Gasteiger partial charge on any atom is 0.273 e. The summed E-state index contributed by atoms with van der Waals surface area (Å²) < 4.78 is 0. The van der Waals surface area contributed by atoms with Gasteiger partial charge < -0.3 is 10.2 Å². The highest BCUT2D eigenvalue weighted by molar-refractivity contribution is 5.99. The number of phenols is 2. The van der Waals surface area contributed by atoms with Crippen molar-refractivity contribution in [1.82, 2.24) is 21.7 Å². The molecule has 4 amide bonds. The summed E-state index contributed by atoms with van der Waals surface area (Å²) in [6.45, 7) is 6.52. The van der Waals surface area contributed by atoms with E-state index in [9.17, 15) is 29.4 Å². The van der Waals surface area contributed by atoms with Crippen molar-refractivity contribution in [1.29, 1.82) is 0 Å². The summed E-state index contributed by atoms with van der Waals surface area (Å²) >= 11 is 0. The van der Waals surface area contributed by atoms with Gasteiger partial charge in [0.15, 0.2) is 0 Å². The molecule has 2 rings (SSSR count). The molecule has 0 saturated heterocycles. The molecule has 0 spiro atoms. The van der Waals surface area contributed by atoms with Crippen LogP contribution in [0.25, 0.3) is 0 Å². The Labute approximate surface area is 312 Å². The minimum atomic E-state index is -0.772. The van der Waals surface area contributed by atoms with E-state index in [0.717, 1.165) is 88.2 Å². The summed E-state index contributed by atoms with van der Waals surface area (Å²) in [7, 11) is 0. The predicted octanol–water partition coefficient (Wildman–Crippen LogP) is 8.88. The summed E-state index contributed by atoms with van der Waals surface area (Å²) in [5.74, 6) is -3.54. The minimum Gasteiger partial charge on any atom is -0.507 e. The number of amides is 4. The van der Waals surface area contributed by atoms with E-state index in [-0.39, 0.29) is 29.0 Å². The zero-order valence-electron chi connectivity index (χ0n) is 32.1. The third-order valence-corrected chi connectivity index (χ3v) is 9.57. The number of carbonyl (C=O) groups is 4. The summed E-state index contributed by atoms with van der Waals surface area (Å²) in [5, 5.41) is 21.0. The Balaban J connectivity index is 1.91. The fraction of sp³-hybridized carbons (Fsp3) is 0.619. The zero-order valence-corrected chi connectivity index (χ0v) is 32.1. The van der Waals surface area contributed by atoms with Crippen LogP contribution in [0.2, 0.25) is 0 Å². The molecule has 290 valence electrons. The Hall–Kier alpha value is -4.08. The Morgan fingerprint density at radius 2 is 0.923 bits per heavy atom. The molecule has 1 atom stereocenters. The van der Waals surface area contributed by atoms with Gasteiger partial charge in [-0.25, -0.2) is 0 Å². The molecular weight excluding hydrogens is 656 g/mol. The van der Waals surface area contributed by atoms with E-state index in [0.29, 0.717) is 6.42 Å². The number of unbranched alkanes of at least 4 members (excludes halogenated alkanes) is 15.